The number of aromatic nitrogens is 2. The molecule has 4 aromatic rings. The maximum atomic E-state index is 13.4. The van der Waals surface area contributed by atoms with Gasteiger partial charge in [-0.1, -0.05) is 48.5 Å². The highest BCUT2D eigenvalue weighted by Crippen LogP contribution is 2.24. The Morgan fingerprint density at radius 3 is 2.52 bits per heavy atom. The van der Waals surface area contributed by atoms with E-state index in [0.717, 1.165) is 28.5 Å². The Labute approximate surface area is 158 Å². The molecule has 27 heavy (non-hydrogen) atoms. The van der Waals surface area contributed by atoms with Crippen molar-refractivity contribution in [3.63, 3.8) is 0 Å². The van der Waals surface area contributed by atoms with Crippen LogP contribution in [0.3, 0.4) is 0 Å². The van der Waals surface area contributed by atoms with E-state index in [-0.39, 0.29) is 11.8 Å². The van der Waals surface area contributed by atoms with E-state index in [0.29, 0.717) is 6.54 Å². The smallest absolute Gasteiger partial charge is 0.186 e. The van der Waals surface area contributed by atoms with Crippen LogP contribution in [0.2, 0.25) is 0 Å². The molecule has 2 N–H and O–H groups in total. The van der Waals surface area contributed by atoms with Gasteiger partial charge in [-0.25, -0.2) is 0 Å². The molecule has 0 radical (unpaired) electrons. The Balaban J connectivity index is 1.59. The van der Waals surface area contributed by atoms with Gasteiger partial charge < -0.3 is 10.3 Å². The molecule has 0 aliphatic carbocycles. The minimum absolute atomic E-state index is 0.0772. The maximum Gasteiger partial charge on any atom is 0.186 e. The predicted molar refractivity (Wildman–Crippen MR) is 108 cm³/mol. The third-order valence-corrected chi connectivity index (χ3v) is 4.76. The summed E-state index contributed by atoms with van der Waals surface area (Å²) in [5, 5.41) is 4.41. The summed E-state index contributed by atoms with van der Waals surface area (Å²) in [4.78, 5) is 20.6. The first kappa shape index (κ1) is 17.2. The number of hydrogen-bond acceptors (Lipinski definition) is 3. The lowest BCUT2D eigenvalue weighted by Crippen LogP contribution is -2.30. The van der Waals surface area contributed by atoms with Gasteiger partial charge in [0.25, 0.3) is 0 Å². The topological polar surface area (TPSA) is 57.8 Å². The van der Waals surface area contributed by atoms with Crippen LogP contribution < -0.4 is 5.32 Å². The van der Waals surface area contributed by atoms with Crippen molar-refractivity contribution in [1.29, 1.82) is 0 Å². The van der Waals surface area contributed by atoms with Crippen molar-refractivity contribution in [2.45, 2.75) is 12.5 Å². The van der Waals surface area contributed by atoms with Crippen LogP contribution in [0, 0.1) is 0 Å². The Hall–Kier alpha value is -3.24. The zero-order valence-corrected chi connectivity index (χ0v) is 14.9. The number of ketones is 1. The van der Waals surface area contributed by atoms with Gasteiger partial charge in [-0.2, -0.15) is 0 Å². The zero-order chi connectivity index (χ0) is 18.5. The average molecular weight is 355 g/mol. The second-order valence-corrected chi connectivity index (χ2v) is 6.52. The number of nitrogens with zero attached hydrogens (tertiary/aromatic N) is 1. The number of hydrogen-bond donors (Lipinski definition) is 2. The van der Waals surface area contributed by atoms with Crippen molar-refractivity contribution >= 4 is 16.7 Å². The van der Waals surface area contributed by atoms with E-state index in [9.17, 15) is 4.79 Å². The monoisotopic (exact) mass is 355 g/mol. The van der Waals surface area contributed by atoms with Crippen molar-refractivity contribution in [2.24, 2.45) is 0 Å². The molecule has 0 aliphatic heterocycles. The first-order valence-corrected chi connectivity index (χ1v) is 9.10. The van der Waals surface area contributed by atoms with Gasteiger partial charge in [-0.05, 0) is 35.7 Å². The van der Waals surface area contributed by atoms with E-state index in [1.54, 1.807) is 12.4 Å². The Morgan fingerprint density at radius 2 is 1.70 bits per heavy atom. The predicted octanol–water partition coefficient (Wildman–Crippen LogP) is 4.32. The number of carbonyl (C=O) groups excluding carboxylic acids is 1. The van der Waals surface area contributed by atoms with Crippen LogP contribution in [0.1, 0.15) is 27.5 Å². The molecule has 0 amide bonds. The number of benzene rings is 2. The summed E-state index contributed by atoms with van der Waals surface area (Å²) in [6, 6.07) is 21.4. The molecule has 4 rings (SSSR count). The molecule has 4 heteroatoms. The van der Waals surface area contributed by atoms with Gasteiger partial charge in [0.15, 0.2) is 5.78 Å². The van der Waals surface area contributed by atoms with Gasteiger partial charge in [-0.3, -0.25) is 9.78 Å². The number of H-pyrrole nitrogens is 1. The summed E-state index contributed by atoms with van der Waals surface area (Å²) in [6.45, 7) is 0.706. The molecule has 2 aromatic carbocycles. The molecule has 4 nitrogen and oxygen atoms in total. The molecule has 0 saturated heterocycles. The summed E-state index contributed by atoms with van der Waals surface area (Å²) >= 11 is 0. The Bertz CT molecular complexity index is 1030. The fourth-order valence-electron chi connectivity index (χ4n) is 3.35. The lowest BCUT2D eigenvalue weighted by atomic mass is 9.96. The molecule has 0 spiro atoms. The fourth-order valence-corrected chi connectivity index (χ4v) is 3.35. The third-order valence-electron chi connectivity index (χ3n) is 4.76. The standard InChI is InChI=1S/C23H21N3O/c27-23(20-16-26-21-9-5-4-8-19(20)21)22(18-6-2-1-3-7-18)25-15-12-17-10-13-24-14-11-17/h1-11,13-14,16,22,25-26H,12,15H2. The number of Topliss-reactive ketones (excluding diaryl/α,β-unsaturated/α-hetero) is 1. The minimum Gasteiger partial charge on any atom is -0.360 e. The van der Waals surface area contributed by atoms with Gasteiger partial charge in [-0.15, -0.1) is 0 Å². The second kappa shape index (κ2) is 7.98. The molecule has 0 bridgehead atoms. The highest BCUT2D eigenvalue weighted by atomic mass is 16.1. The maximum absolute atomic E-state index is 13.4. The van der Waals surface area contributed by atoms with Gasteiger partial charge in [0.2, 0.25) is 0 Å². The summed E-state index contributed by atoms with van der Waals surface area (Å²) in [5.74, 6) is 0.0772. The van der Waals surface area contributed by atoms with Crippen molar-refractivity contribution in [1.82, 2.24) is 15.3 Å². The molecular formula is C23H21N3O. The van der Waals surface area contributed by atoms with E-state index < -0.39 is 0 Å². The minimum atomic E-state index is -0.382. The summed E-state index contributed by atoms with van der Waals surface area (Å²) < 4.78 is 0. The van der Waals surface area contributed by atoms with Gasteiger partial charge >= 0.3 is 0 Å². The molecule has 2 heterocycles. The molecule has 0 saturated carbocycles. The number of carbonyl (C=O) groups is 1. The normalized spacial score (nSPS) is 12.1. The van der Waals surface area contributed by atoms with Crippen LogP contribution in [0.15, 0.2) is 85.3 Å². The third kappa shape index (κ3) is 3.81. The Morgan fingerprint density at radius 1 is 0.963 bits per heavy atom. The van der Waals surface area contributed by atoms with Crippen molar-refractivity contribution in [3.05, 3.63) is 102 Å². The van der Waals surface area contributed by atoms with E-state index in [4.69, 9.17) is 0 Å². The van der Waals surface area contributed by atoms with Crippen LogP contribution in [-0.4, -0.2) is 22.3 Å². The lowest BCUT2D eigenvalue weighted by molar-refractivity contribution is 0.0945. The molecule has 0 fully saturated rings. The molecule has 2 aromatic heterocycles. The first-order chi connectivity index (χ1) is 13.3. The van der Waals surface area contributed by atoms with Crippen LogP contribution >= 0.6 is 0 Å². The highest BCUT2D eigenvalue weighted by Gasteiger charge is 2.23. The first-order valence-electron chi connectivity index (χ1n) is 9.10. The number of para-hydroxylation sites is 1. The molecular weight excluding hydrogens is 334 g/mol. The summed E-state index contributed by atoms with van der Waals surface area (Å²) in [7, 11) is 0. The van der Waals surface area contributed by atoms with Crippen LogP contribution in [-0.2, 0) is 6.42 Å². The molecule has 0 aliphatic rings. The van der Waals surface area contributed by atoms with Crippen molar-refractivity contribution in [3.8, 4) is 0 Å². The quantitative estimate of drug-likeness (QED) is 0.486. The largest absolute Gasteiger partial charge is 0.360 e. The molecule has 1 atom stereocenters. The average Bonchev–Trinajstić information content (AvgIpc) is 3.16. The number of aromatic amines is 1. The van der Waals surface area contributed by atoms with E-state index in [2.05, 4.69) is 15.3 Å². The van der Waals surface area contributed by atoms with Gasteiger partial charge in [0.1, 0.15) is 0 Å². The summed E-state index contributed by atoms with van der Waals surface area (Å²) in [6.07, 6.45) is 6.24. The summed E-state index contributed by atoms with van der Waals surface area (Å²) in [5.41, 5.74) is 3.87. The highest BCUT2D eigenvalue weighted by molar-refractivity contribution is 6.10. The van der Waals surface area contributed by atoms with Crippen LogP contribution in [0.5, 0.6) is 0 Å². The van der Waals surface area contributed by atoms with Gasteiger partial charge in [0, 0.05) is 41.6 Å². The van der Waals surface area contributed by atoms with E-state index >= 15 is 0 Å². The van der Waals surface area contributed by atoms with Crippen molar-refractivity contribution in [2.75, 3.05) is 6.54 Å². The van der Waals surface area contributed by atoms with E-state index in [1.165, 1.54) is 5.56 Å². The SMILES string of the molecule is O=C(c1c[nH]c2ccccc12)C(NCCc1ccncc1)c1ccccc1. The fraction of sp³-hybridized carbons (Fsp3) is 0.130. The zero-order valence-electron chi connectivity index (χ0n) is 14.9. The molecule has 134 valence electrons. The van der Waals surface area contributed by atoms with Gasteiger partial charge in [0.05, 0.1) is 6.04 Å². The van der Waals surface area contributed by atoms with Crippen LogP contribution in [0.25, 0.3) is 10.9 Å². The number of rotatable bonds is 7. The van der Waals surface area contributed by atoms with Crippen molar-refractivity contribution < 1.29 is 4.79 Å². The molecule has 1 unspecified atom stereocenters. The lowest BCUT2D eigenvalue weighted by Gasteiger charge is -2.18. The van der Waals surface area contributed by atoms with Crippen LogP contribution in [0.4, 0.5) is 0 Å². The Kier molecular flexibility index (Phi) is 5.08. The number of nitrogens with one attached hydrogen (secondary N) is 2. The second-order valence-electron chi connectivity index (χ2n) is 6.52. The van der Waals surface area contributed by atoms with E-state index in [1.807, 2.05) is 72.9 Å². The number of pyridine rings is 1. The number of fused-ring (bicyclic) bond motifs is 1.